The summed E-state index contributed by atoms with van der Waals surface area (Å²) in [6, 6.07) is 2.12. The molecule has 5 rings (SSSR count). The summed E-state index contributed by atoms with van der Waals surface area (Å²) in [7, 11) is 0. The third-order valence-electron chi connectivity index (χ3n) is 7.79. The van der Waals surface area contributed by atoms with E-state index in [0.29, 0.717) is 43.2 Å². The topological polar surface area (TPSA) is 74.8 Å². The van der Waals surface area contributed by atoms with Gasteiger partial charge in [-0.2, -0.15) is 13.2 Å². The summed E-state index contributed by atoms with van der Waals surface area (Å²) >= 11 is 0. The zero-order valence-electron chi connectivity index (χ0n) is 20.7. The van der Waals surface area contributed by atoms with Gasteiger partial charge >= 0.3 is 6.18 Å². The third-order valence-corrected chi connectivity index (χ3v) is 7.79. The molecule has 196 valence electrons. The molecule has 0 radical (unpaired) electrons. The molecule has 36 heavy (non-hydrogen) atoms. The maximum absolute atomic E-state index is 13.1. The molecule has 0 saturated carbocycles. The number of aryl methyl sites for hydroxylation is 2. The first-order valence-electron chi connectivity index (χ1n) is 12.6. The number of likely N-dealkylation sites (tertiary alicyclic amines) is 1. The Kier molecular flexibility index (Phi) is 6.71. The van der Waals surface area contributed by atoms with Gasteiger partial charge in [0.05, 0.1) is 12.1 Å². The van der Waals surface area contributed by atoms with E-state index in [4.69, 9.17) is 4.52 Å². The highest BCUT2D eigenvalue weighted by Gasteiger charge is 2.36. The third kappa shape index (κ3) is 5.08. The van der Waals surface area contributed by atoms with Crippen LogP contribution in [0.3, 0.4) is 0 Å². The summed E-state index contributed by atoms with van der Waals surface area (Å²) in [5.41, 5.74) is 0.744. The number of Topliss-reactive ketones (excluding diaryl/α,β-unsaturated/α-hetero) is 1. The lowest BCUT2D eigenvalue weighted by atomic mass is 10.0. The van der Waals surface area contributed by atoms with Crippen molar-refractivity contribution in [2.24, 2.45) is 5.92 Å². The van der Waals surface area contributed by atoms with Gasteiger partial charge in [0.15, 0.2) is 5.76 Å². The zero-order valence-corrected chi connectivity index (χ0v) is 20.7. The highest BCUT2D eigenvalue weighted by molar-refractivity contribution is 5.80. The number of hydrogen-bond acceptors (Lipinski definition) is 7. The molecule has 0 aromatic carbocycles. The lowest BCUT2D eigenvalue weighted by Gasteiger charge is -2.30. The smallest absolute Gasteiger partial charge is 0.366 e. The second-order valence-electron chi connectivity index (χ2n) is 10.4. The van der Waals surface area contributed by atoms with Crippen LogP contribution >= 0.6 is 0 Å². The van der Waals surface area contributed by atoms with Gasteiger partial charge in [0.25, 0.3) is 5.56 Å². The van der Waals surface area contributed by atoms with Crippen molar-refractivity contribution in [1.82, 2.24) is 19.5 Å². The number of alkyl halides is 3. The van der Waals surface area contributed by atoms with E-state index in [1.807, 2.05) is 18.7 Å². The molecule has 11 heteroatoms. The van der Waals surface area contributed by atoms with Crippen LogP contribution in [0, 0.1) is 19.8 Å². The van der Waals surface area contributed by atoms with Crippen molar-refractivity contribution in [3.8, 4) is 0 Å². The molecule has 2 aromatic heterocycles. The van der Waals surface area contributed by atoms with Crippen molar-refractivity contribution < 1.29 is 22.5 Å². The standard InChI is InChI=1S/C25H32F3N5O3/c1-16-24(17(2)36-29-16)32-6-4-20(14-32)31-5-3-18(12-31)9-22(34)15-30-7-8-33-21(13-30)10-19(11-23(33)35)25(26,27)28/h10-11,18,20H,3-9,12-15H2,1-2H3. The molecule has 2 aromatic rings. The molecule has 0 amide bonds. The summed E-state index contributed by atoms with van der Waals surface area (Å²) in [4.78, 5) is 31.6. The number of halogens is 3. The fourth-order valence-electron chi connectivity index (χ4n) is 6.05. The number of fused-ring (bicyclic) bond motifs is 1. The Labute approximate surface area is 207 Å². The minimum absolute atomic E-state index is 0.105. The van der Waals surface area contributed by atoms with E-state index in [2.05, 4.69) is 15.0 Å². The van der Waals surface area contributed by atoms with Crippen LogP contribution in [0.1, 0.15) is 42.0 Å². The van der Waals surface area contributed by atoms with Crippen molar-refractivity contribution >= 4 is 11.5 Å². The molecule has 5 heterocycles. The van der Waals surface area contributed by atoms with E-state index in [0.717, 1.165) is 62.2 Å². The largest absolute Gasteiger partial charge is 0.416 e. The van der Waals surface area contributed by atoms with E-state index in [1.54, 1.807) is 0 Å². The van der Waals surface area contributed by atoms with Crippen LogP contribution in [0.25, 0.3) is 0 Å². The average molecular weight is 508 g/mol. The van der Waals surface area contributed by atoms with Crippen LogP contribution in [0.15, 0.2) is 21.5 Å². The highest BCUT2D eigenvalue weighted by Crippen LogP contribution is 2.32. The molecule has 2 unspecified atom stereocenters. The van der Waals surface area contributed by atoms with E-state index >= 15 is 0 Å². The number of anilines is 1. The molecular formula is C25H32F3N5O3. The van der Waals surface area contributed by atoms with Crippen LogP contribution in [0.2, 0.25) is 0 Å². The van der Waals surface area contributed by atoms with Crippen molar-refractivity contribution in [2.75, 3.05) is 44.2 Å². The normalized spacial score (nSPS) is 23.4. The average Bonchev–Trinajstić information content (AvgIpc) is 3.53. The van der Waals surface area contributed by atoms with Crippen molar-refractivity contribution in [2.45, 2.75) is 58.4 Å². The summed E-state index contributed by atoms with van der Waals surface area (Å²) in [5, 5.41) is 4.07. The van der Waals surface area contributed by atoms with Gasteiger partial charge in [0.1, 0.15) is 17.2 Å². The molecule has 2 saturated heterocycles. The summed E-state index contributed by atoms with van der Waals surface area (Å²) in [6.07, 6.45) is -2.05. The predicted molar refractivity (Wildman–Crippen MR) is 127 cm³/mol. The fourth-order valence-corrected chi connectivity index (χ4v) is 6.05. The Bertz CT molecular complexity index is 1170. The van der Waals surface area contributed by atoms with Crippen molar-refractivity contribution in [3.05, 3.63) is 45.2 Å². The van der Waals surface area contributed by atoms with Crippen LogP contribution < -0.4 is 10.5 Å². The predicted octanol–water partition coefficient (Wildman–Crippen LogP) is 2.85. The Morgan fingerprint density at radius 2 is 1.92 bits per heavy atom. The minimum Gasteiger partial charge on any atom is -0.366 e. The van der Waals surface area contributed by atoms with Gasteiger partial charge in [-0.05, 0) is 45.2 Å². The highest BCUT2D eigenvalue weighted by atomic mass is 19.4. The number of pyridine rings is 1. The molecule has 3 aliphatic rings. The SMILES string of the molecule is Cc1noc(C)c1N1CCC(N2CCC(CC(=O)CN3CCn4c(cc(C(F)(F)F)cc4=O)C3)C2)C1. The molecule has 0 aliphatic carbocycles. The quantitative estimate of drug-likeness (QED) is 0.595. The Balaban J connectivity index is 1.12. The number of hydrogen-bond donors (Lipinski definition) is 0. The first-order chi connectivity index (χ1) is 17.1. The monoisotopic (exact) mass is 507 g/mol. The van der Waals surface area contributed by atoms with Gasteiger partial charge in [-0.3, -0.25) is 19.4 Å². The van der Waals surface area contributed by atoms with Gasteiger partial charge < -0.3 is 14.0 Å². The molecule has 0 bridgehead atoms. The van der Waals surface area contributed by atoms with Crippen LogP contribution in [-0.2, 0) is 24.1 Å². The van der Waals surface area contributed by atoms with Gasteiger partial charge in [0, 0.05) is 63.5 Å². The Hall–Kier alpha value is -2.66. The lowest BCUT2D eigenvalue weighted by molar-refractivity contribution is -0.138. The molecule has 0 N–H and O–H groups in total. The summed E-state index contributed by atoms with van der Waals surface area (Å²) in [5.74, 6) is 1.24. The minimum atomic E-state index is -4.56. The van der Waals surface area contributed by atoms with Crippen LogP contribution in [0.4, 0.5) is 18.9 Å². The molecule has 2 atom stereocenters. The number of ketones is 1. The van der Waals surface area contributed by atoms with Gasteiger partial charge in [-0.1, -0.05) is 5.16 Å². The molecule has 0 spiro atoms. The summed E-state index contributed by atoms with van der Waals surface area (Å²) in [6.45, 7) is 8.78. The van der Waals surface area contributed by atoms with Crippen LogP contribution in [-0.4, -0.2) is 70.6 Å². The van der Waals surface area contributed by atoms with Gasteiger partial charge in [-0.25, -0.2) is 0 Å². The summed E-state index contributed by atoms with van der Waals surface area (Å²) < 4.78 is 46.0. The number of aromatic nitrogens is 2. The number of rotatable bonds is 6. The zero-order chi connectivity index (χ0) is 25.6. The van der Waals surface area contributed by atoms with Crippen molar-refractivity contribution in [1.29, 1.82) is 0 Å². The van der Waals surface area contributed by atoms with E-state index < -0.39 is 17.3 Å². The maximum atomic E-state index is 13.1. The van der Waals surface area contributed by atoms with Gasteiger partial charge in [0.2, 0.25) is 0 Å². The van der Waals surface area contributed by atoms with E-state index in [9.17, 15) is 22.8 Å². The maximum Gasteiger partial charge on any atom is 0.416 e. The molecule has 8 nitrogen and oxygen atoms in total. The lowest BCUT2D eigenvalue weighted by Crippen LogP contribution is -2.42. The first-order valence-corrected chi connectivity index (χ1v) is 12.6. The number of carbonyl (C=O) groups is 1. The molecular weight excluding hydrogens is 475 g/mol. The Morgan fingerprint density at radius 3 is 2.64 bits per heavy atom. The second-order valence-corrected chi connectivity index (χ2v) is 10.4. The van der Waals surface area contributed by atoms with E-state index in [1.165, 1.54) is 4.57 Å². The molecule has 2 fully saturated rings. The van der Waals surface area contributed by atoms with Crippen molar-refractivity contribution in [3.63, 3.8) is 0 Å². The Morgan fingerprint density at radius 1 is 1.11 bits per heavy atom. The van der Waals surface area contributed by atoms with Gasteiger partial charge in [-0.15, -0.1) is 0 Å². The molecule has 3 aliphatic heterocycles. The van der Waals surface area contributed by atoms with Crippen LogP contribution in [0.5, 0.6) is 0 Å². The fraction of sp³-hybridized carbons (Fsp3) is 0.640. The van der Waals surface area contributed by atoms with E-state index in [-0.39, 0.29) is 18.9 Å². The number of nitrogens with zero attached hydrogens (tertiary/aromatic N) is 5. The second kappa shape index (κ2) is 9.66. The number of carbonyl (C=O) groups excluding carboxylic acids is 1. The first kappa shape index (κ1) is 25.0.